The largest absolute Gasteiger partial charge is 0.0622 e. The molecule has 0 bridgehead atoms. The predicted octanol–water partition coefficient (Wildman–Crippen LogP) is 13.5. The zero-order chi connectivity index (χ0) is 33.3. The third kappa shape index (κ3) is 5.28. The molecular weight excluding hydrogens is 601 g/mol. The molecule has 0 saturated carbocycles. The molecular formula is C50H34. The molecule has 9 aromatic rings. The fourth-order valence-electron chi connectivity index (χ4n) is 7.58. The number of hydrogen-bond acceptors (Lipinski definition) is 0. The topological polar surface area (TPSA) is 0 Å². The molecule has 9 aromatic carbocycles. The van der Waals surface area contributed by atoms with Crippen LogP contribution in [0, 0.1) is 0 Å². The van der Waals surface area contributed by atoms with Gasteiger partial charge < -0.3 is 0 Å². The Bertz CT molecular complexity index is 2530. The highest BCUT2D eigenvalue weighted by Gasteiger charge is 2.17. The summed E-state index contributed by atoms with van der Waals surface area (Å²) in [4.78, 5) is 0. The lowest BCUT2D eigenvalue weighted by Crippen LogP contribution is -1.96. The summed E-state index contributed by atoms with van der Waals surface area (Å²) in [5.74, 6) is 0. The van der Waals surface area contributed by atoms with Crippen molar-refractivity contribution in [2.24, 2.45) is 0 Å². The van der Waals surface area contributed by atoms with Gasteiger partial charge in [0.15, 0.2) is 0 Å². The minimum Gasteiger partial charge on any atom is -0.0622 e. The van der Waals surface area contributed by atoms with Gasteiger partial charge in [-0.05, 0) is 99.8 Å². The van der Waals surface area contributed by atoms with Crippen molar-refractivity contribution >= 4 is 66.4 Å². The first kappa shape index (κ1) is 29.6. The van der Waals surface area contributed by atoms with Crippen LogP contribution in [0.3, 0.4) is 0 Å². The van der Waals surface area contributed by atoms with Gasteiger partial charge >= 0.3 is 0 Å². The summed E-state index contributed by atoms with van der Waals surface area (Å²) in [5, 5.41) is 9.93. The summed E-state index contributed by atoms with van der Waals surface area (Å²) >= 11 is 0. The fraction of sp³-hybridized carbons (Fsp3) is 0. The molecule has 0 heterocycles. The monoisotopic (exact) mass is 634 g/mol. The molecule has 0 aromatic heterocycles. The molecule has 0 amide bonds. The molecule has 0 nitrogen and oxygen atoms in total. The maximum absolute atomic E-state index is 2.45. The van der Waals surface area contributed by atoms with E-state index in [1.54, 1.807) is 0 Å². The fourth-order valence-corrected chi connectivity index (χ4v) is 7.58. The van der Waals surface area contributed by atoms with Crippen LogP contribution in [0.5, 0.6) is 0 Å². The molecule has 0 N–H and O–H groups in total. The second-order valence-corrected chi connectivity index (χ2v) is 12.8. The molecule has 0 radical (unpaired) electrons. The minimum absolute atomic E-state index is 1.19. The van der Waals surface area contributed by atoms with Crippen molar-refractivity contribution in [3.05, 3.63) is 228 Å². The summed E-state index contributed by atoms with van der Waals surface area (Å²) in [6, 6.07) is 70.2. The van der Waals surface area contributed by atoms with Gasteiger partial charge in [-0.15, -0.1) is 0 Å². The van der Waals surface area contributed by atoms with Crippen molar-refractivity contribution < 1.29 is 0 Å². The highest BCUT2D eigenvalue weighted by atomic mass is 14.2. The first-order valence-corrected chi connectivity index (χ1v) is 17.3. The average molecular weight is 635 g/mol. The molecule has 0 spiro atoms. The van der Waals surface area contributed by atoms with Gasteiger partial charge in [-0.3, -0.25) is 0 Å². The summed E-state index contributed by atoms with van der Waals surface area (Å²) in [5.41, 5.74) is 9.63. The van der Waals surface area contributed by atoms with Crippen LogP contribution < -0.4 is 0 Å². The van der Waals surface area contributed by atoms with Crippen molar-refractivity contribution in [3.8, 4) is 0 Å². The highest BCUT2D eigenvalue weighted by Crippen LogP contribution is 2.41. The molecule has 0 aliphatic heterocycles. The van der Waals surface area contributed by atoms with Crippen molar-refractivity contribution in [1.82, 2.24) is 0 Å². The van der Waals surface area contributed by atoms with Gasteiger partial charge in [-0.1, -0.05) is 194 Å². The van der Waals surface area contributed by atoms with Crippen molar-refractivity contribution in [3.63, 3.8) is 0 Å². The van der Waals surface area contributed by atoms with E-state index in [0.29, 0.717) is 0 Å². The lowest BCUT2D eigenvalue weighted by atomic mass is 9.85. The second-order valence-electron chi connectivity index (χ2n) is 12.8. The zero-order valence-corrected chi connectivity index (χ0v) is 27.6. The second kappa shape index (κ2) is 12.8. The van der Waals surface area contributed by atoms with Gasteiger partial charge in [-0.2, -0.15) is 0 Å². The van der Waals surface area contributed by atoms with Gasteiger partial charge in [0, 0.05) is 0 Å². The summed E-state index contributed by atoms with van der Waals surface area (Å²) in [7, 11) is 0. The van der Waals surface area contributed by atoms with Crippen LogP contribution in [0.1, 0.15) is 33.4 Å². The van der Waals surface area contributed by atoms with E-state index in [1.807, 2.05) is 0 Å². The Morgan fingerprint density at radius 2 is 0.580 bits per heavy atom. The van der Waals surface area contributed by atoms with E-state index < -0.39 is 0 Å². The minimum atomic E-state index is 1.19. The smallest absolute Gasteiger partial charge is 0.00923 e. The Balaban J connectivity index is 1.44. The van der Waals surface area contributed by atoms with Crippen LogP contribution >= 0.6 is 0 Å². The molecule has 0 aliphatic rings. The number of rotatable bonds is 6. The lowest BCUT2D eigenvalue weighted by Gasteiger charge is -2.19. The Morgan fingerprint density at radius 3 is 1.00 bits per heavy atom. The van der Waals surface area contributed by atoms with Crippen LogP contribution in [-0.4, -0.2) is 0 Å². The van der Waals surface area contributed by atoms with Crippen molar-refractivity contribution in [1.29, 1.82) is 0 Å². The van der Waals surface area contributed by atoms with Crippen LogP contribution in [0.25, 0.3) is 66.4 Å². The zero-order valence-electron chi connectivity index (χ0n) is 27.6. The SMILES string of the molecule is C(=C(\c1ccccc1)c1cccc2ccccc12)/c1c(/C=C(\c2ccccc2)c2cccc3ccccc23)c2ccccc2c2ccccc12. The van der Waals surface area contributed by atoms with E-state index in [0.717, 1.165) is 0 Å². The van der Waals surface area contributed by atoms with Gasteiger partial charge in [0.2, 0.25) is 0 Å². The van der Waals surface area contributed by atoms with Crippen LogP contribution in [0.4, 0.5) is 0 Å². The van der Waals surface area contributed by atoms with Crippen LogP contribution in [0.15, 0.2) is 194 Å². The van der Waals surface area contributed by atoms with Crippen molar-refractivity contribution in [2.75, 3.05) is 0 Å². The molecule has 0 saturated heterocycles. The van der Waals surface area contributed by atoms with Gasteiger partial charge in [0.25, 0.3) is 0 Å². The molecule has 0 heteroatoms. The third-order valence-corrected chi connectivity index (χ3v) is 9.92. The molecule has 0 unspecified atom stereocenters. The molecule has 50 heavy (non-hydrogen) atoms. The van der Waals surface area contributed by atoms with Gasteiger partial charge in [-0.25, -0.2) is 0 Å². The van der Waals surface area contributed by atoms with Gasteiger partial charge in [0.05, 0.1) is 0 Å². The maximum atomic E-state index is 2.45. The molecule has 0 atom stereocenters. The van der Waals surface area contributed by atoms with Crippen LogP contribution in [-0.2, 0) is 0 Å². The van der Waals surface area contributed by atoms with Gasteiger partial charge in [0.1, 0.15) is 0 Å². The normalized spacial score (nSPS) is 12.2. The summed E-state index contributed by atoms with van der Waals surface area (Å²) < 4.78 is 0. The number of hydrogen-bond donors (Lipinski definition) is 0. The first-order chi connectivity index (χ1) is 24.8. The number of fused-ring (bicyclic) bond motifs is 5. The van der Waals surface area contributed by atoms with E-state index in [2.05, 4.69) is 206 Å². The Labute approximate surface area is 292 Å². The molecule has 234 valence electrons. The number of benzene rings is 9. The first-order valence-electron chi connectivity index (χ1n) is 17.3. The molecule has 0 fully saturated rings. The molecule has 9 rings (SSSR count). The molecule has 0 aliphatic carbocycles. The van der Waals surface area contributed by atoms with E-state index in [9.17, 15) is 0 Å². The Morgan fingerprint density at radius 1 is 0.260 bits per heavy atom. The standard InChI is InChI=1S/C50H34/c1-3-17-37(18-4-1)47(41-31-15-23-35-21-7-9-25-39(35)41)33-49-45-29-13-11-27-43(45)44-28-12-14-30-46(44)50(49)34-48(38-19-5-2-6-20-38)42-32-16-24-36-22-8-10-26-40(36)42/h1-34H/b47-33-,48-34+. The van der Waals surface area contributed by atoms with E-state index >= 15 is 0 Å². The third-order valence-electron chi connectivity index (χ3n) is 9.92. The summed E-state index contributed by atoms with van der Waals surface area (Å²) in [6.07, 6.45) is 4.90. The predicted molar refractivity (Wildman–Crippen MR) is 216 cm³/mol. The van der Waals surface area contributed by atoms with Crippen molar-refractivity contribution in [2.45, 2.75) is 0 Å². The highest BCUT2D eigenvalue weighted by molar-refractivity contribution is 6.18. The lowest BCUT2D eigenvalue weighted by molar-refractivity contribution is 1.57. The Hall–Kier alpha value is -6.50. The maximum Gasteiger partial charge on any atom is -0.00923 e. The van der Waals surface area contributed by atoms with E-state index in [-0.39, 0.29) is 0 Å². The Kier molecular flexibility index (Phi) is 7.61. The summed E-state index contributed by atoms with van der Waals surface area (Å²) in [6.45, 7) is 0. The quantitative estimate of drug-likeness (QED) is 0.126. The van der Waals surface area contributed by atoms with Crippen LogP contribution in [0.2, 0.25) is 0 Å². The van der Waals surface area contributed by atoms with E-state index in [4.69, 9.17) is 0 Å². The van der Waals surface area contributed by atoms with E-state index in [1.165, 1.54) is 87.6 Å². The average Bonchev–Trinajstić information content (AvgIpc) is 3.20.